The van der Waals surface area contributed by atoms with E-state index in [1.54, 1.807) is 12.4 Å². The van der Waals surface area contributed by atoms with Gasteiger partial charge in [-0.05, 0) is 289 Å². The van der Waals surface area contributed by atoms with Gasteiger partial charge in [-0.25, -0.2) is 0 Å². The van der Waals surface area contributed by atoms with E-state index in [4.69, 9.17) is 28.8 Å². The molecule has 0 aliphatic rings. The minimum absolute atomic E-state index is 0.894. The van der Waals surface area contributed by atoms with Crippen molar-refractivity contribution in [3.05, 3.63) is 462 Å². The van der Waals surface area contributed by atoms with Crippen molar-refractivity contribution >= 4 is 172 Å². The zero-order chi connectivity index (χ0) is 89.4. The van der Waals surface area contributed by atoms with Crippen molar-refractivity contribution in [3.8, 4) is 134 Å². The molecule has 0 unspecified atom stereocenters. The lowest BCUT2D eigenvalue weighted by Gasteiger charge is -2.13. The molecule has 28 aromatic rings. The number of thiophene rings is 2. The van der Waals surface area contributed by atoms with Crippen LogP contribution in [0.4, 0.5) is 0 Å². The molecule has 6 aromatic heterocycles. The Labute approximate surface area is 789 Å². The smallest absolute Gasteiger partial charge is 0.136 e. The Bertz CT molecular complexity index is 8660. The quantitative estimate of drug-likeness (QED) is 0.113. The third kappa shape index (κ3) is 13.8. The zero-order valence-corrected chi connectivity index (χ0v) is 74.9. The van der Waals surface area contributed by atoms with Gasteiger partial charge in [0.15, 0.2) is 0 Å². The van der Waals surface area contributed by atoms with Gasteiger partial charge in [0.05, 0.1) is 22.1 Å². The molecule has 0 bridgehead atoms. The molecule has 0 aliphatic heterocycles. The number of fused-ring (bicyclic) bond motifs is 24. The SMILES string of the molecule is c1cc(-c2cccc(-c3ccc4c5ccc(-c6cccc(-c7cccc(-c8ccc9c(c8)oc8ccccc89)c7)c6)cc5c5nccnc5c4c3)c2)cc(-c2ccc3c(c2)oc2ccccc23)c1.c1cc(-c2cccc(-c3ccc4c5ccc(-c6cccc(-c7cccc(-c8ccc9c(c8)sc8ccccc89)c7)c6)cc5c5nccnc5c4c3)c2)cc(-c2ccc3c(c2)sc2ccccc23)c1. The molecule has 28 rings (SSSR count). The maximum absolute atomic E-state index is 6.23. The van der Waals surface area contributed by atoms with Crippen molar-refractivity contribution in [2.45, 2.75) is 0 Å². The van der Waals surface area contributed by atoms with Crippen molar-refractivity contribution in [2.24, 2.45) is 0 Å². The summed E-state index contributed by atoms with van der Waals surface area (Å²) in [6.07, 6.45) is 7.23. The fraction of sp³-hybridized carbons (Fsp3) is 0. The van der Waals surface area contributed by atoms with Crippen LogP contribution in [-0.4, -0.2) is 19.9 Å². The lowest BCUT2D eigenvalue weighted by Crippen LogP contribution is -1.90. The molecular weight excluding hydrogens is 1690 g/mol. The van der Waals surface area contributed by atoms with E-state index in [0.29, 0.717) is 0 Å². The molecule has 0 saturated carbocycles. The second-order valence-corrected chi connectivity index (χ2v) is 37.6. The van der Waals surface area contributed by atoms with Gasteiger partial charge >= 0.3 is 0 Å². The van der Waals surface area contributed by atoms with Crippen LogP contribution in [0.25, 0.3) is 283 Å². The second-order valence-electron chi connectivity index (χ2n) is 35.4. The van der Waals surface area contributed by atoms with Gasteiger partial charge in [-0.15, -0.1) is 22.7 Å². The Hall–Kier alpha value is -17.4. The van der Waals surface area contributed by atoms with Gasteiger partial charge in [0, 0.05) is 108 Å². The number of furan rings is 2. The number of hydrogen-bond donors (Lipinski definition) is 0. The van der Waals surface area contributed by atoms with Crippen LogP contribution < -0.4 is 0 Å². The van der Waals surface area contributed by atoms with Gasteiger partial charge in [0.25, 0.3) is 0 Å². The topological polar surface area (TPSA) is 77.8 Å². The normalized spacial score (nSPS) is 11.8. The molecule has 8 heteroatoms. The number of para-hydroxylation sites is 2. The Morgan fingerprint density at radius 3 is 0.581 bits per heavy atom. The first-order valence-corrected chi connectivity index (χ1v) is 47.6. The molecule has 22 aromatic carbocycles. The number of rotatable bonds is 12. The Kier molecular flexibility index (Phi) is 18.6. The van der Waals surface area contributed by atoms with E-state index in [1.807, 2.05) is 59.3 Å². The van der Waals surface area contributed by atoms with Gasteiger partial charge < -0.3 is 8.83 Å². The number of aromatic nitrogens is 4. The van der Waals surface area contributed by atoms with Crippen molar-refractivity contribution in [1.82, 2.24) is 19.9 Å². The molecule has 6 heterocycles. The van der Waals surface area contributed by atoms with Crippen molar-refractivity contribution in [2.75, 3.05) is 0 Å². The van der Waals surface area contributed by atoms with Crippen LogP contribution in [0.15, 0.2) is 470 Å². The Morgan fingerprint density at radius 1 is 0.125 bits per heavy atom. The molecule has 632 valence electrons. The highest BCUT2D eigenvalue weighted by atomic mass is 32.1. The van der Waals surface area contributed by atoms with E-state index in [0.717, 1.165) is 187 Å². The van der Waals surface area contributed by atoms with Crippen molar-refractivity contribution in [1.29, 1.82) is 0 Å². The first kappa shape index (κ1) is 78.4. The minimum atomic E-state index is 0.894. The average molecular weight is 1770 g/mol. The predicted octanol–water partition coefficient (Wildman–Crippen LogP) is 36.4. The molecular formula is C128H76N4O2S2. The van der Waals surface area contributed by atoms with Crippen LogP contribution in [0.2, 0.25) is 0 Å². The summed E-state index contributed by atoms with van der Waals surface area (Å²) in [7, 11) is 0. The zero-order valence-electron chi connectivity index (χ0n) is 73.3. The highest BCUT2D eigenvalue weighted by Gasteiger charge is 2.21. The maximum Gasteiger partial charge on any atom is 0.136 e. The van der Waals surface area contributed by atoms with Crippen molar-refractivity contribution < 1.29 is 8.83 Å². The minimum Gasteiger partial charge on any atom is -0.456 e. The van der Waals surface area contributed by atoms with Crippen LogP contribution in [0, 0.1) is 0 Å². The lowest BCUT2D eigenvalue weighted by atomic mass is 9.92. The standard InChI is InChI=1S/C64H38N2O2.C64H38N2S2/c2*1-3-19-59-53(17-1)55-27-23-49(37-61(55)67-59)45-15-7-11-41(33-45)39-9-5-13-43(31-39)47-21-25-51-52-26-22-48(36-58(52)64-63(57(51)35-47)65-29-30-66-64)44-14-6-10-40(32-44)42-12-8-16-46(34-42)50-24-28-56-54-18-2-4-20-60(54)68-62(56)38-50/h2*1-38H. The van der Waals surface area contributed by atoms with Crippen molar-refractivity contribution in [3.63, 3.8) is 0 Å². The summed E-state index contributed by atoms with van der Waals surface area (Å²) in [5.74, 6) is 0. The number of benzene rings is 22. The summed E-state index contributed by atoms with van der Waals surface area (Å²) in [5, 5.41) is 18.9. The first-order valence-electron chi connectivity index (χ1n) is 46.0. The third-order valence-electron chi connectivity index (χ3n) is 27.5. The molecule has 0 radical (unpaired) electrons. The van der Waals surface area contributed by atoms with Crippen LogP contribution >= 0.6 is 22.7 Å². The van der Waals surface area contributed by atoms with Gasteiger partial charge in [0.1, 0.15) is 22.3 Å². The Balaban J connectivity index is 0.000000138. The third-order valence-corrected chi connectivity index (χ3v) is 29.8. The predicted molar refractivity (Wildman–Crippen MR) is 575 cm³/mol. The summed E-state index contributed by atoms with van der Waals surface area (Å²) >= 11 is 3.73. The van der Waals surface area contributed by atoms with Gasteiger partial charge in [-0.1, -0.05) is 303 Å². The molecule has 0 amide bonds. The summed E-state index contributed by atoms with van der Waals surface area (Å²) in [4.78, 5) is 19.9. The summed E-state index contributed by atoms with van der Waals surface area (Å²) < 4.78 is 17.8. The van der Waals surface area contributed by atoms with E-state index in [2.05, 4.69) is 413 Å². The molecule has 0 aliphatic carbocycles. The maximum atomic E-state index is 6.23. The largest absolute Gasteiger partial charge is 0.456 e. The summed E-state index contributed by atoms with van der Waals surface area (Å²) in [6.45, 7) is 0. The highest BCUT2D eigenvalue weighted by Crippen LogP contribution is 2.47. The van der Waals surface area contributed by atoms with E-state index in [1.165, 1.54) is 95.6 Å². The monoisotopic (exact) mass is 1760 g/mol. The molecule has 0 spiro atoms. The summed E-state index contributed by atoms with van der Waals surface area (Å²) in [6, 6.07) is 159. The summed E-state index contributed by atoms with van der Waals surface area (Å²) in [5.41, 5.74) is 35.2. The second kappa shape index (κ2) is 32.3. The highest BCUT2D eigenvalue weighted by molar-refractivity contribution is 7.26. The van der Waals surface area contributed by atoms with Gasteiger partial charge in [-0.2, -0.15) is 0 Å². The molecule has 0 atom stereocenters. The molecule has 0 N–H and O–H groups in total. The molecule has 136 heavy (non-hydrogen) atoms. The van der Waals surface area contributed by atoms with E-state index in [-0.39, 0.29) is 0 Å². The molecule has 0 fully saturated rings. The van der Waals surface area contributed by atoms with E-state index < -0.39 is 0 Å². The van der Waals surface area contributed by atoms with Crippen LogP contribution in [0.1, 0.15) is 0 Å². The fourth-order valence-electron chi connectivity index (χ4n) is 20.7. The van der Waals surface area contributed by atoms with Crippen LogP contribution in [0.5, 0.6) is 0 Å². The molecule has 6 nitrogen and oxygen atoms in total. The number of hydrogen-bond acceptors (Lipinski definition) is 8. The average Bonchev–Trinajstić information content (AvgIpc) is 1.08. The van der Waals surface area contributed by atoms with Gasteiger partial charge in [0.2, 0.25) is 0 Å². The van der Waals surface area contributed by atoms with Crippen LogP contribution in [-0.2, 0) is 0 Å². The Morgan fingerprint density at radius 2 is 0.316 bits per heavy atom. The van der Waals surface area contributed by atoms with E-state index in [9.17, 15) is 0 Å². The van der Waals surface area contributed by atoms with E-state index >= 15 is 0 Å². The van der Waals surface area contributed by atoms with Gasteiger partial charge in [-0.3, -0.25) is 19.9 Å². The molecule has 0 saturated heterocycles. The van der Waals surface area contributed by atoms with Crippen LogP contribution in [0.3, 0.4) is 0 Å². The fourth-order valence-corrected chi connectivity index (χ4v) is 23.0. The lowest BCUT2D eigenvalue weighted by molar-refractivity contribution is 0.668. The first-order chi connectivity index (χ1) is 67.3. The number of nitrogens with zero attached hydrogens (tertiary/aromatic N) is 4.